The van der Waals surface area contributed by atoms with Crippen LogP contribution in [0, 0.1) is 6.92 Å². The summed E-state index contributed by atoms with van der Waals surface area (Å²) in [5, 5.41) is 2.91. The maximum atomic E-state index is 12.3. The normalized spacial score (nSPS) is 14.1. The molecule has 120 valence electrons. The molecule has 1 N–H and O–H groups in total. The minimum Gasteiger partial charge on any atom is -0.371 e. The molecule has 1 fully saturated rings. The Morgan fingerprint density at radius 1 is 1.09 bits per heavy atom. The highest BCUT2D eigenvalue weighted by Crippen LogP contribution is 2.27. The van der Waals surface area contributed by atoms with Crippen molar-refractivity contribution in [3.8, 4) is 0 Å². The molecule has 1 amide bonds. The molecule has 1 saturated heterocycles. The number of aryl methyl sites for hydroxylation is 1. The van der Waals surface area contributed by atoms with Gasteiger partial charge < -0.3 is 10.2 Å². The van der Waals surface area contributed by atoms with E-state index in [1.807, 2.05) is 12.1 Å². The average molecular weight is 328 g/mol. The fourth-order valence-corrected chi connectivity index (χ4v) is 3.68. The van der Waals surface area contributed by atoms with Crippen molar-refractivity contribution in [2.24, 2.45) is 0 Å². The highest BCUT2D eigenvalue weighted by Gasteiger charge is 2.15. The molecule has 23 heavy (non-hydrogen) atoms. The van der Waals surface area contributed by atoms with Gasteiger partial charge in [-0.2, -0.15) is 0 Å². The fraction of sp³-hybridized carbons (Fsp3) is 0.333. The number of rotatable bonds is 4. The van der Waals surface area contributed by atoms with Crippen LogP contribution in [0.3, 0.4) is 0 Å². The first kappa shape index (κ1) is 15.7. The highest BCUT2D eigenvalue weighted by molar-refractivity contribution is 7.16. The molecule has 1 aliphatic rings. The van der Waals surface area contributed by atoms with Crippen LogP contribution < -0.4 is 10.2 Å². The van der Waals surface area contributed by atoms with E-state index in [4.69, 9.17) is 0 Å². The fourth-order valence-electron chi connectivity index (χ4n) is 2.89. The van der Waals surface area contributed by atoms with Crippen LogP contribution in [-0.2, 0) is 0 Å². The zero-order chi connectivity index (χ0) is 16.4. The Bertz CT molecular complexity index is 745. The number of hydrogen-bond acceptors (Lipinski definition) is 4. The average Bonchev–Trinajstić information content (AvgIpc) is 3.19. The smallest absolute Gasteiger partial charge is 0.265 e. The molecule has 2 aromatic rings. The van der Waals surface area contributed by atoms with Crippen LogP contribution in [0.5, 0.6) is 0 Å². The van der Waals surface area contributed by atoms with Crippen LogP contribution in [-0.4, -0.2) is 24.8 Å². The van der Waals surface area contributed by atoms with Crippen molar-refractivity contribution in [2.45, 2.75) is 26.7 Å². The quantitative estimate of drug-likeness (QED) is 0.859. The molecule has 0 radical (unpaired) electrons. The van der Waals surface area contributed by atoms with E-state index in [1.54, 1.807) is 12.1 Å². The third kappa shape index (κ3) is 3.45. The number of anilines is 2. The lowest BCUT2D eigenvalue weighted by molar-refractivity contribution is 0.101. The number of nitrogens with one attached hydrogen (secondary N) is 1. The van der Waals surface area contributed by atoms with Crippen LogP contribution in [0.25, 0.3) is 0 Å². The number of thiophene rings is 1. The lowest BCUT2D eigenvalue weighted by Gasteiger charge is -2.20. The van der Waals surface area contributed by atoms with E-state index in [0.717, 1.165) is 18.8 Å². The Morgan fingerprint density at radius 3 is 2.39 bits per heavy atom. The molecular formula is C18H20N2O2S. The van der Waals surface area contributed by atoms with Crippen LogP contribution in [0.15, 0.2) is 30.3 Å². The number of carbonyl (C=O) groups is 2. The molecule has 0 bridgehead atoms. The summed E-state index contributed by atoms with van der Waals surface area (Å²) in [6.45, 7) is 5.79. The summed E-state index contributed by atoms with van der Waals surface area (Å²) in [6.07, 6.45) is 2.49. The van der Waals surface area contributed by atoms with E-state index >= 15 is 0 Å². The zero-order valence-electron chi connectivity index (χ0n) is 13.4. The molecule has 0 spiro atoms. The number of benzene rings is 1. The number of Topliss-reactive ketones (excluding diaryl/α,β-unsaturated/α-hetero) is 1. The second-order valence-electron chi connectivity index (χ2n) is 5.87. The van der Waals surface area contributed by atoms with Gasteiger partial charge in [0.25, 0.3) is 5.91 Å². The third-order valence-corrected chi connectivity index (χ3v) is 5.26. The van der Waals surface area contributed by atoms with Gasteiger partial charge in [-0.3, -0.25) is 9.59 Å². The van der Waals surface area contributed by atoms with Gasteiger partial charge in [-0.15, -0.1) is 11.3 Å². The van der Waals surface area contributed by atoms with E-state index in [-0.39, 0.29) is 11.7 Å². The monoisotopic (exact) mass is 328 g/mol. The van der Waals surface area contributed by atoms with Gasteiger partial charge >= 0.3 is 0 Å². The minimum absolute atomic E-state index is 0.0140. The SMILES string of the molecule is CC(=O)c1ccc(C(=O)Nc2ccc(N3CCCC3)c(C)c2)s1. The summed E-state index contributed by atoms with van der Waals surface area (Å²) in [5.41, 5.74) is 3.20. The van der Waals surface area contributed by atoms with Gasteiger partial charge in [-0.1, -0.05) is 0 Å². The van der Waals surface area contributed by atoms with Gasteiger partial charge in [0.2, 0.25) is 0 Å². The third-order valence-electron chi connectivity index (χ3n) is 4.08. The summed E-state index contributed by atoms with van der Waals surface area (Å²) in [6, 6.07) is 9.42. The number of nitrogens with zero attached hydrogens (tertiary/aromatic N) is 1. The lowest BCUT2D eigenvalue weighted by Crippen LogP contribution is -2.19. The van der Waals surface area contributed by atoms with E-state index in [1.165, 1.54) is 42.4 Å². The summed E-state index contributed by atoms with van der Waals surface area (Å²) in [5.74, 6) is -0.185. The summed E-state index contributed by atoms with van der Waals surface area (Å²) < 4.78 is 0. The Kier molecular flexibility index (Phi) is 4.48. The number of carbonyl (C=O) groups excluding carboxylic acids is 2. The lowest BCUT2D eigenvalue weighted by atomic mass is 10.1. The molecule has 1 aromatic heterocycles. The molecular weight excluding hydrogens is 308 g/mol. The van der Waals surface area contributed by atoms with Gasteiger partial charge in [-0.25, -0.2) is 0 Å². The Morgan fingerprint density at radius 2 is 1.78 bits per heavy atom. The van der Waals surface area contributed by atoms with Crippen molar-refractivity contribution in [3.05, 3.63) is 45.6 Å². The molecule has 4 nitrogen and oxygen atoms in total. The van der Waals surface area contributed by atoms with Crippen molar-refractivity contribution < 1.29 is 9.59 Å². The number of ketones is 1. The van der Waals surface area contributed by atoms with Crippen molar-refractivity contribution in [3.63, 3.8) is 0 Å². The maximum Gasteiger partial charge on any atom is 0.265 e. The predicted molar refractivity (Wildman–Crippen MR) is 94.9 cm³/mol. The van der Waals surface area contributed by atoms with Gasteiger partial charge in [-0.05, 0) is 62.6 Å². The number of hydrogen-bond donors (Lipinski definition) is 1. The molecule has 1 aromatic carbocycles. The molecule has 0 saturated carbocycles. The molecule has 1 aliphatic heterocycles. The molecule has 0 unspecified atom stereocenters. The molecule has 0 atom stereocenters. The van der Waals surface area contributed by atoms with Gasteiger partial charge in [0.05, 0.1) is 9.75 Å². The summed E-state index contributed by atoms with van der Waals surface area (Å²) in [7, 11) is 0. The zero-order valence-corrected chi connectivity index (χ0v) is 14.2. The topological polar surface area (TPSA) is 49.4 Å². The first-order chi connectivity index (χ1) is 11.0. The second-order valence-corrected chi connectivity index (χ2v) is 6.95. The van der Waals surface area contributed by atoms with Crippen LogP contribution in [0.1, 0.15) is 44.7 Å². The maximum absolute atomic E-state index is 12.3. The van der Waals surface area contributed by atoms with Crippen molar-refractivity contribution in [1.29, 1.82) is 0 Å². The van der Waals surface area contributed by atoms with Crippen molar-refractivity contribution in [1.82, 2.24) is 0 Å². The largest absolute Gasteiger partial charge is 0.371 e. The second kappa shape index (κ2) is 6.54. The standard InChI is InChI=1S/C18H20N2O2S/c1-12-11-14(5-6-15(12)20-9-3-4-10-20)19-18(22)17-8-7-16(23-17)13(2)21/h5-8,11H,3-4,9-10H2,1-2H3,(H,19,22). The number of amides is 1. The first-order valence-corrected chi connectivity index (χ1v) is 8.64. The van der Waals surface area contributed by atoms with Gasteiger partial charge in [0.15, 0.2) is 5.78 Å². The highest BCUT2D eigenvalue weighted by atomic mass is 32.1. The Balaban J connectivity index is 1.73. The van der Waals surface area contributed by atoms with Crippen LogP contribution in [0.2, 0.25) is 0 Å². The molecule has 3 rings (SSSR count). The Labute approximate surface area is 140 Å². The Hall–Kier alpha value is -2.14. The predicted octanol–water partition coefficient (Wildman–Crippen LogP) is 4.11. The van der Waals surface area contributed by atoms with Gasteiger partial charge in [0, 0.05) is 24.5 Å². The van der Waals surface area contributed by atoms with E-state index < -0.39 is 0 Å². The van der Waals surface area contributed by atoms with E-state index in [2.05, 4.69) is 23.2 Å². The molecule has 5 heteroatoms. The van der Waals surface area contributed by atoms with Crippen molar-refractivity contribution >= 4 is 34.4 Å². The molecule has 2 heterocycles. The van der Waals surface area contributed by atoms with Crippen LogP contribution in [0.4, 0.5) is 11.4 Å². The van der Waals surface area contributed by atoms with Gasteiger partial charge in [0.1, 0.15) is 0 Å². The van der Waals surface area contributed by atoms with E-state index in [9.17, 15) is 9.59 Å². The van der Waals surface area contributed by atoms with Crippen molar-refractivity contribution in [2.75, 3.05) is 23.3 Å². The summed E-state index contributed by atoms with van der Waals surface area (Å²) >= 11 is 1.23. The minimum atomic E-state index is -0.171. The van der Waals surface area contributed by atoms with E-state index in [0.29, 0.717) is 9.75 Å². The first-order valence-electron chi connectivity index (χ1n) is 7.82. The molecule has 0 aliphatic carbocycles. The van der Waals surface area contributed by atoms with Crippen LogP contribution >= 0.6 is 11.3 Å². The summed E-state index contributed by atoms with van der Waals surface area (Å²) in [4.78, 5) is 27.1.